The molecule has 2 aliphatic rings. The maximum Gasteiger partial charge on any atom is 0.341 e. The first-order valence-corrected chi connectivity index (χ1v) is 14.4. The molecule has 0 fully saturated rings. The van der Waals surface area contributed by atoms with Crippen molar-refractivity contribution in [2.24, 2.45) is 0 Å². The Bertz CT molecular complexity index is 1880. The first kappa shape index (κ1) is 31.1. The fourth-order valence-electron chi connectivity index (χ4n) is 6.41. The average Bonchev–Trinajstić information content (AvgIpc) is 3.32. The van der Waals surface area contributed by atoms with Crippen molar-refractivity contribution < 1.29 is 43.5 Å². The number of fused-ring (bicyclic) bond motifs is 5. The fourth-order valence-corrected chi connectivity index (χ4v) is 6.41. The number of carboxylic acids is 2. The van der Waals surface area contributed by atoms with Crippen LogP contribution in [-0.4, -0.2) is 40.5 Å². The number of allylic oxidation sites excluding steroid dienone is 2. The highest BCUT2D eigenvalue weighted by molar-refractivity contribution is 6.01. The van der Waals surface area contributed by atoms with Gasteiger partial charge < -0.3 is 33.9 Å². The number of carboxylic acid groups (broad SMARTS) is 2. The largest absolute Gasteiger partial charge is 0.507 e. The van der Waals surface area contributed by atoms with E-state index in [0.717, 1.165) is 5.57 Å². The van der Waals surface area contributed by atoms with Gasteiger partial charge in [0.25, 0.3) is 0 Å². The lowest BCUT2D eigenvalue weighted by Crippen LogP contribution is -2.37. The van der Waals surface area contributed by atoms with Crippen LogP contribution in [-0.2, 0) is 37.4 Å². The van der Waals surface area contributed by atoms with Crippen molar-refractivity contribution in [3.63, 3.8) is 0 Å². The number of phenols is 1. The molecule has 10 nitrogen and oxygen atoms in total. The van der Waals surface area contributed by atoms with Crippen molar-refractivity contribution in [1.29, 1.82) is 0 Å². The standard InChI is InChI=1S/C34H38O10/c1-15(2)10-11-18-27-21(26(36)24-28(18)42-17(4)32(24,5)6)25(35)19-14-20(41-9)22-23(29(19)43-27)33(7,8)44-34(22,31(39)40)13-12-16(3)30(37)38/h10,12,14,17,36H,11,13H2,1-9H3,(H,37,38)(H,39,40)/b16-12+/t17-,34-/m0/s1. The van der Waals surface area contributed by atoms with Gasteiger partial charge in [-0.05, 0) is 54.0 Å². The van der Waals surface area contributed by atoms with E-state index in [0.29, 0.717) is 23.3 Å². The predicted octanol–water partition coefficient (Wildman–Crippen LogP) is 6.19. The summed E-state index contributed by atoms with van der Waals surface area (Å²) in [6.07, 6.45) is 3.01. The number of aliphatic carboxylic acids is 2. The molecule has 2 aromatic carbocycles. The summed E-state index contributed by atoms with van der Waals surface area (Å²) in [5.74, 6) is -2.24. The third-order valence-electron chi connectivity index (χ3n) is 9.10. The first-order chi connectivity index (χ1) is 20.4. The summed E-state index contributed by atoms with van der Waals surface area (Å²) < 4.78 is 24.9. The Morgan fingerprint density at radius 1 is 1.02 bits per heavy atom. The van der Waals surface area contributed by atoms with Crippen LogP contribution in [0.5, 0.6) is 17.2 Å². The van der Waals surface area contributed by atoms with Crippen LogP contribution in [0, 0.1) is 0 Å². The molecule has 0 radical (unpaired) electrons. The van der Waals surface area contributed by atoms with Crippen LogP contribution in [0.1, 0.15) is 84.1 Å². The van der Waals surface area contributed by atoms with Crippen LogP contribution in [0.2, 0.25) is 0 Å². The molecular weight excluding hydrogens is 568 g/mol. The van der Waals surface area contributed by atoms with Crippen molar-refractivity contribution in [2.45, 2.75) is 91.0 Å². The Hall–Kier alpha value is -4.31. The van der Waals surface area contributed by atoms with Gasteiger partial charge in [-0.15, -0.1) is 0 Å². The van der Waals surface area contributed by atoms with Gasteiger partial charge >= 0.3 is 11.9 Å². The SMILES string of the molecule is COc1cc2c(=O)c3c(O)c4c(c(CC=C(C)C)c3oc2c2c1[C@@](C/C=C(\C)C(=O)O)(C(=O)O)OC2(C)C)O[C@@H](C)C4(C)C. The zero-order chi connectivity index (χ0) is 32.7. The van der Waals surface area contributed by atoms with E-state index in [-0.39, 0.29) is 62.7 Å². The van der Waals surface area contributed by atoms with Crippen LogP contribution in [0.15, 0.2) is 38.6 Å². The van der Waals surface area contributed by atoms with Crippen molar-refractivity contribution in [1.82, 2.24) is 0 Å². The van der Waals surface area contributed by atoms with Gasteiger partial charge in [-0.1, -0.05) is 31.6 Å². The Morgan fingerprint density at radius 2 is 1.68 bits per heavy atom. The minimum Gasteiger partial charge on any atom is -0.507 e. The van der Waals surface area contributed by atoms with Gasteiger partial charge in [0.2, 0.25) is 5.43 Å². The van der Waals surface area contributed by atoms with E-state index in [4.69, 9.17) is 18.6 Å². The quantitative estimate of drug-likeness (QED) is 0.161. The molecule has 44 heavy (non-hydrogen) atoms. The summed E-state index contributed by atoms with van der Waals surface area (Å²) in [6, 6.07) is 1.41. The van der Waals surface area contributed by atoms with Crippen molar-refractivity contribution in [2.75, 3.05) is 7.11 Å². The molecule has 0 saturated carbocycles. The lowest BCUT2D eigenvalue weighted by atomic mass is 9.79. The summed E-state index contributed by atoms with van der Waals surface area (Å²) in [5, 5.41) is 31.8. The van der Waals surface area contributed by atoms with Crippen LogP contribution in [0.4, 0.5) is 0 Å². The van der Waals surface area contributed by atoms with E-state index >= 15 is 0 Å². The molecule has 2 aliphatic heterocycles. The highest BCUT2D eigenvalue weighted by atomic mass is 16.6. The minimum absolute atomic E-state index is 0.00224. The average molecular weight is 607 g/mol. The molecule has 0 saturated heterocycles. The molecule has 234 valence electrons. The lowest BCUT2D eigenvalue weighted by Gasteiger charge is -2.28. The van der Waals surface area contributed by atoms with Gasteiger partial charge in [-0.25, -0.2) is 9.59 Å². The van der Waals surface area contributed by atoms with Crippen LogP contribution in [0.25, 0.3) is 21.9 Å². The number of hydrogen-bond acceptors (Lipinski definition) is 8. The van der Waals surface area contributed by atoms with E-state index in [9.17, 15) is 29.7 Å². The molecule has 2 atom stereocenters. The number of phenolic OH excluding ortho intramolecular Hbond substituents is 1. The molecule has 0 bridgehead atoms. The van der Waals surface area contributed by atoms with Crippen molar-refractivity contribution in [3.8, 4) is 17.2 Å². The van der Waals surface area contributed by atoms with Gasteiger partial charge in [0, 0.05) is 39.7 Å². The number of benzene rings is 2. The summed E-state index contributed by atoms with van der Waals surface area (Å²) in [6.45, 7) is 14.4. The Balaban J connectivity index is 1.98. The third kappa shape index (κ3) is 4.29. The predicted molar refractivity (Wildman–Crippen MR) is 164 cm³/mol. The summed E-state index contributed by atoms with van der Waals surface area (Å²) in [7, 11) is 1.35. The Kier molecular flexibility index (Phi) is 7.16. The van der Waals surface area contributed by atoms with Gasteiger partial charge in [-0.2, -0.15) is 0 Å². The molecule has 0 aliphatic carbocycles. The number of aromatic hydroxyl groups is 1. The molecule has 0 amide bonds. The summed E-state index contributed by atoms with van der Waals surface area (Å²) >= 11 is 0. The molecule has 0 unspecified atom stereocenters. The number of carbonyl (C=O) groups is 2. The summed E-state index contributed by atoms with van der Waals surface area (Å²) in [4.78, 5) is 38.9. The van der Waals surface area contributed by atoms with E-state index in [1.807, 2.05) is 40.7 Å². The number of hydrogen-bond donors (Lipinski definition) is 3. The maximum atomic E-state index is 14.4. The molecule has 5 rings (SSSR count). The van der Waals surface area contributed by atoms with Gasteiger partial charge in [-0.3, -0.25) is 4.79 Å². The Labute approximate surface area is 254 Å². The van der Waals surface area contributed by atoms with Gasteiger partial charge in [0.05, 0.1) is 18.1 Å². The van der Waals surface area contributed by atoms with Crippen molar-refractivity contribution in [3.05, 3.63) is 61.8 Å². The number of rotatable bonds is 7. The zero-order valence-electron chi connectivity index (χ0n) is 26.4. The highest BCUT2D eigenvalue weighted by Gasteiger charge is 2.57. The molecule has 10 heteroatoms. The minimum atomic E-state index is -2.05. The second-order valence-corrected chi connectivity index (χ2v) is 13.0. The van der Waals surface area contributed by atoms with Crippen LogP contribution in [0.3, 0.4) is 0 Å². The van der Waals surface area contributed by atoms with Crippen LogP contribution < -0.4 is 14.9 Å². The van der Waals surface area contributed by atoms with E-state index in [1.165, 1.54) is 26.2 Å². The van der Waals surface area contributed by atoms with Crippen LogP contribution >= 0.6 is 0 Å². The smallest absolute Gasteiger partial charge is 0.341 e. The van der Waals surface area contributed by atoms with E-state index in [2.05, 4.69) is 0 Å². The summed E-state index contributed by atoms with van der Waals surface area (Å²) in [5.41, 5.74) is -1.73. The second kappa shape index (κ2) is 10.1. The topological polar surface area (TPSA) is 153 Å². The second-order valence-electron chi connectivity index (χ2n) is 13.0. The normalized spacial score (nSPS) is 21.6. The van der Waals surface area contributed by atoms with Gasteiger partial charge in [0.15, 0.2) is 5.60 Å². The molecule has 3 N–H and O–H groups in total. The molecule has 0 spiro atoms. The fraction of sp³-hybridized carbons (Fsp3) is 0.441. The highest BCUT2D eigenvalue weighted by Crippen LogP contribution is 2.57. The molecular formula is C34H38O10. The number of methoxy groups -OCH3 is 1. The lowest BCUT2D eigenvalue weighted by molar-refractivity contribution is -0.182. The number of ether oxygens (including phenoxy) is 3. The van der Waals surface area contributed by atoms with Crippen molar-refractivity contribution >= 4 is 33.9 Å². The van der Waals surface area contributed by atoms with E-state index in [1.54, 1.807) is 13.8 Å². The maximum absolute atomic E-state index is 14.4. The third-order valence-corrected chi connectivity index (χ3v) is 9.10. The molecule has 3 heterocycles. The molecule has 3 aromatic rings. The zero-order valence-corrected chi connectivity index (χ0v) is 26.4. The van der Waals surface area contributed by atoms with E-state index < -0.39 is 34.0 Å². The van der Waals surface area contributed by atoms with Gasteiger partial charge in [0.1, 0.15) is 39.9 Å². The molecule has 1 aromatic heterocycles. The monoisotopic (exact) mass is 606 g/mol. The Morgan fingerprint density at radius 3 is 2.25 bits per heavy atom. The first-order valence-electron chi connectivity index (χ1n) is 14.4.